The Hall–Kier alpha value is -2.19. The van der Waals surface area contributed by atoms with E-state index in [0.29, 0.717) is 7.35 Å². The van der Waals surface area contributed by atoms with E-state index in [1.54, 1.807) is 22.3 Å². The molecule has 0 nitrogen and oxygen atoms in total. The second-order valence-corrected chi connectivity index (χ2v) is 40.9. The molecule has 0 N–H and O–H groups in total. The smallest absolute Gasteiger partial charge is 1.00 e. The quantitative estimate of drug-likeness (QED) is 0.139. The van der Waals surface area contributed by atoms with Gasteiger partial charge in [0.15, 0.2) is 0 Å². The molecular weight excluding hydrogens is 970 g/mol. The summed E-state index contributed by atoms with van der Waals surface area (Å²) < 4.78 is 3.33. The van der Waals surface area contributed by atoms with Crippen molar-refractivity contribution in [3.05, 3.63) is 128 Å². The van der Waals surface area contributed by atoms with Crippen molar-refractivity contribution in [1.82, 2.24) is 0 Å². The zero-order valence-corrected chi connectivity index (χ0v) is 46.8. The van der Waals surface area contributed by atoms with Crippen LogP contribution in [0.15, 0.2) is 83.9 Å². The topological polar surface area (TPSA) is 0 Å². The Bertz CT molecular complexity index is 2130. The number of halogens is 2. The van der Waals surface area contributed by atoms with Crippen molar-refractivity contribution in [3.8, 4) is 22.3 Å². The van der Waals surface area contributed by atoms with E-state index in [2.05, 4.69) is 182 Å². The molecular formula is C60H80Cl2Hf. The van der Waals surface area contributed by atoms with Gasteiger partial charge in [0.1, 0.15) is 0 Å². The van der Waals surface area contributed by atoms with Gasteiger partial charge < -0.3 is 24.8 Å². The van der Waals surface area contributed by atoms with Crippen LogP contribution >= 0.6 is 0 Å². The maximum Gasteiger partial charge on any atom is -1.00 e. The summed E-state index contributed by atoms with van der Waals surface area (Å²) in [6.45, 7) is 33.5. The molecule has 0 radical (unpaired) electrons. The van der Waals surface area contributed by atoms with E-state index in [4.69, 9.17) is 0 Å². The van der Waals surface area contributed by atoms with Gasteiger partial charge in [0.05, 0.1) is 0 Å². The monoisotopic (exact) mass is 1050 g/mol. The van der Waals surface area contributed by atoms with Crippen LogP contribution < -0.4 is 24.8 Å². The van der Waals surface area contributed by atoms with Crippen LogP contribution in [0.1, 0.15) is 213 Å². The number of benzene rings is 4. The Labute approximate surface area is 402 Å². The molecule has 1 heterocycles. The van der Waals surface area contributed by atoms with E-state index in [-0.39, 0.29) is 46.5 Å². The molecule has 1 aliphatic heterocycles. The molecule has 0 aromatic heterocycles. The van der Waals surface area contributed by atoms with Crippen LogP contribution in [0.4, 0.5) is 0 Å². The minimum absolute atomic E-state index is 0. The van der Waals surface area contributed by atoms with E-state index in [9.17, 15) is 0 Å². The Morgan fingerprint density at radius 2 is 0.810 bits per heavy atom. The van der Waals surface area contributed by atoms with Gasteiger partial charge in [0, 0.05) is 0 Å². The van der Waals surface area contributed by atoms with Gasteiger partial charge in [-0.1, -0.05) is 0 Å². The average Bonchev–Trinajstić information content (AvgIpc) is 3.47. The third-order valence-electron chi connectivity index (χ3n) is 15.8. The number of hydrogen-bond donors (Lipinski definition) is 0. The number of rotatable bonds is 10. The minimum Gasteiger partial charge on any atom is -1.00 e. The summed E-state index contributed by atoms with van der Waals surface area (Å²) in [6, 6.07) is 30.4. The molecule has 3 aliphatic carbocycles. The number of allylic oxidation sites excluding steroid dienone is 2. The predicted octanol–water partition coefficient (Wildman–Crippen LogP) is 12.5. The first-order chi connectivity index (χ1) is 28.7. The van der Waals surface area contributed by atoms with Crippen molar-refractivity contribution >= 4 is 12.2 Å². The molecule has 8 rings (SSSR count). The summed E-state index contributed by atoms with van der Waals surface area (Å²) >= 11 is -3.42. The molecule has 0 bridgehead atoms. The second-order valence-electron chi connectivity index (χ2n) is 24.2. The van der Waals surface area contributed by atoms with Gasteiger partial charge >= 0.3 is 380 Å². The fourth-order valence-corrected chi connectivity index (χ4v) is 47.8. The van der Waals surface area contributed by atoms with Crippen molar-refractivity contribution in [1.29, 1.82) is 0 Å². The fourth-order valence-electron chi connectivity index (χ4n) is 12.3. The van der Waals surface area contributed by atoms with E-state index in [1.165, 1.54) is 109 Å². The van der Waals surface area contributed by atoms with Crippen molar-refractivity contribution in [2.24, 2.45) is 0 Å². The predicted molar refractivity (Wildman–Crippen MR) is 265 cm³/mol. The Morgan fingerprint density at radius 3 is 1.11 bits per heavy atom. The van der Waals surface area contributed by atoms with Gasteiger partial charge in [-0.3, -0.25) is 0 Å². The standard InChI is InChI=1S/2C27H35.C6H10.2ClH.Hf/c2*1-8-9-11-19-14-20-12-10-13-24(25(20)15-19)21-16-22(26(2,3)4)18-23(17-21)27(5,6)7;1-2-4-6-5-3-1;;;/h2*10,12-18H,8-9,11H2,1-7H3;1-2H,3-6H2;2*1H;/q;;;;;+2/p-2. The molecule has 4 aromatic carbocycles. The van der Waals surface area contributed by atoms with Gasteiger partial charge in [-0.15, -0.1) is 0 Å². The zero-order valence-electron chi connectivity index (χ0n) is 41.7. The SMILES string of the molecule is CCCCC1=Cc2c(-c3cc(C(C)(C)C)cc(C(C)(C)C)c3)cccc2[CH]1[Hf+2]1([CH]2C(CCCC)=Cc3c(-c4cc(C(C)(C)C)cc(C(C)(C)C)c4)cccc32)[CH]2CCCC[CH]21.[Cl-].[Cl-]. The van der Waals surface area contributed by atoms with Crippen LogP contribution in [0.5, 0.6) is 0 Å². The fraction of sp³-hybridized carbons (Fsp3) is 0.533. The molecule has 4 unspecified atom stereocenters. The molecule has 0 spiro atoms. The van der Waals surface area contributed by atoms with Crippen LogP contribution in [0.3, 0.4) is 0 Å². The van der Waals surface area contributed by atoms with Gasteiger partial charge in [-0.05, 0) is 0 Å². The third kappa shape index (κ3) is 9.27. The van der Waals surface area contributed by atoms with Crippen LogP contribution in [0.2, 0.25) is 7.35 Å². The first kappa shape index (κ1) is 50.2. The summed E-state index contributed by atoms with van der Waals surface area (Å²) in [5.41, 5.74) is 22.2. The second kappa shape index (κ2) is 18.5. The third-order valence-corrected chi connectivity index (χ3v) is 40.7. The molecule has 4 atom stereocenters. The van der Waals surface area contributed by atoms with Gasteiger partial charge in [-0.2, -0.15) is 0 Å². The minimum atomic E-state index is -3.42. The number of fused-ring (bicyclic) bond motifs is 3. The molecule has 0 amide bonds. The maximum atomic E-state index is 2.80. The summed E-state index contributed by atoms with van der Waals surface area (Å²) in [6.07, 6.45) is 19.1. The average molecular weight is 1050 g/mol. The molecule has 4 aromatic rings. The first-order valence-corrected chi connectivity index (χ1v) is 33.0. The molecule has 4 aliphatic rings. The van der Waals surface area contributed by atoms with Crippen molar-refractivity contribution in [2.45, 2.75) is 197 Å². The van der Waals surface area contributed by atoms with Crippen LogP contribution in [-0.2, 0) is 41.6 Å². The van der Waals surface area contributed by atoms with Crippen LogP contribution in [0, 0.1) is 0 Å². The van der Waals surface area contributed by atoms with E-state index < -0.39 is 20.0 Å². The number of hydrogen-bond acceptors (Lipinski definition) is 0. The Balaban J connectivity index is 0.00000330. The van der Waals surface area contributed by atoms with Gasteiger partial charge in [-0.25, -0.2) is 0 Å². The molecule has 1 saturated carbocycles. The number of unbranched alkanes of at least 4 members (excludes halogenated alkanes) is 2. The summed E-state index contributed by atoms with van der Waals surface area (Å²) in [5.74, 6) is 0. The summed E-state index contributed by atoms with van der Waals surface area (Å²) in [7, 11) is 0. The molecule has 63 heavy (non-hydrogen) atoms. The van der Waals surface area contributed by atoms with Gasteiger partial charge in [0.25, 0.3) is 0 Å². The van der Waals surface area contributed by atoms with Gasteiger partial charge in [0.2, 0.25) is 0 Å². The molecule has 1 saturated heterocycles. The largest absolute Gasteiger partial charge is 1.00 e. The Kier molecular flexibility index (Phi) is 14.7. The van der Waals surface area contributed by atoms with Crippen molar-refractivity contribution < 1.29 is 44.8 Å². The van der Waals surface area contributed by atoms with Crippen LogP contribution in [0.25, 0.3) is 34.4 Å². The molecule has 2 fully saturated rings. The summed E-state index contributed by atoms with van der Waals surface area (Å²) in [4.78, 5) is 0. The van der Waals surface area contributed by atoms with E-state index >= 15 is 0 Å². The van der Waals surface area contributed by atoms with Crippen molar-refractivity contribution in [2.75, 3.05) is 0 Å². The van der Waals surface area contributed by atoms with E-state index in [1.807, 2.05) is 11.1 Å². The molecule has 338 valence electrons. The molecule has 3 heteroatoms. The zero-order chi connectivity index (χ0) is 43.9. The first-order valence-electron chi connectivity index (χ1n) is 24.7. The summed E-state index contributed by atoms with van der Waals surface area (Å²) in [5, 5.41) is 0. The Morgan fingerprint density at radius 1 is 0.476 bits per heavy atom. The van der Waals surface area contributed by atoms with Crippen molar-refractivity contribution in [3.63, 3.8) is 0 Å². The maximum absolute atomic E-state index is 3.42. The normalized spacial score (nSPS) is 21.9. The van der Waals surface area contributed by atoms with Crippen LogP contribution in [-0.4, -0.2) is 0 Å². The van der Waals surface area contributed by atoms with E-state index in [0.717, 1.165) is 7.35 Å².